The number of pyridine rings is 1. The number of hydrogen-bond acceptors (Lipinski definition) is 8. The minimum Gasteiger partial charge on any atom is -0.436 e. The number of sulfonamides is 1. The van der Waals surface area contributed by atoms with E-state index in [2.05, 4.69) is 10.3 Å². The van der Waals surface area contributed by atoms with Crippen LogP contribution in [0.25, 0.3) is 0 Å². The molecule has 0 bridgehead atoms. The van der Waals surface area contributed by atoms with Crippen molar-refractivity contribution in [3.8, 4) is 0 Å². The first kappa shape index (κ1) is 27.8. The molecule has 4 unspecified atom stereocenters. The van der Waals surface area contributed by atoms with E-state index in [1.165, 1.54) is 17.2 Å². The molecule has 4 amide bonds. The Labute approximate surface area is 225 Å². The first-order valence-electron chi connectivity index (χ1n) is 12.5. The van der Waals surface area contributed by atoms with Crippen LogP contribution in [-0.2, 0) is 29.1 Å². The van der Waals surface area contributed by atoms with Crippen LogP contribution in [0.3, 0.4) is 0 Å². The number of amides is 4. The fourth-order valence-corrected chi connectivity index (χ4v) is 6.47. The summed E-state index contributed by atoms with van der Waals surface area (Å²) >= 11 is 6.00. The van der Waals surface area contributed by atoms with Gasteiger partial charge in [-0.25, -0.2) is 17.9 Å². The van der Waals surface area contributed by atoms with Crippen molar-refractivity contribution in [2.45, 2.75) is 73.9 Å². The zero-order valence-electron chi connectivity index (χ0n) is 20.6. The van der Waals surface area contributed by atoms with Gasteiger partial charge >= 0.3 is 6.09 Å². The van der Waals surface area contributed by atoms with Crippen LogP contribution in [-0.4, -0.2) is 66.3 Å². The molecule has 1 saturated carbocycles. The van der Waals surface area contributed by atoms with Gasteiger partial charge in [0, 0.05) is 24.9 Å². The molecule has 4 N–H and O–H groups in total. The summed E-state index contributed by atoms with van der Waals surface area (Å²) in [6.45, 7) is 0.270. The number of allylic oxidation sites excluding steroid dienone is 1. The third kappa shape index (κ3) is 5.93. The van der Waals surface area contributed by atoms with Crippen LogP contribution < -0.4 is 15.8 Å². The number of aromatic nitrogens is 1. The maximum absolute atomic E-state index is 13.4. The third-order valence-electron chi connectivity index (χ3n) is 7.09. The van der Waals surface area contributed by atoms with Crippen molar-refractivity contribution in [3.63, 3.8) is 0 Å². The summed E-state index contributed by atoms with van der Waals surface area (Å²) in [5.74, 6) is -2.45. The molecule has 14 heteroatoms. The highest BCUT2D eigenvalue weighted by Crippen LogP contribution is 2.46. The van der Waals surface area contributed by atoms with Crippen molar-refractivity contribution in [2.75, 3.05) is 6.54 Å². The van der Waals surface area contributed by atoms with E-state index in [4.69, 9.17) is 22.1 Å². The molecule has 0 spiro atoms. The summed E-state index contributed by atoms with van der Waals surface area (Å²) in [4.78, 5) is 56.2. The first-order chi connectivity index (χ1) is 18.0. The summed E-state index contributed by atoms with van der Waals surface area (Å²) in [5, 5.41) is 2.62. The lowest BCUT2D eigenvalue weighted by Crippen LogP contribution is -2.57. The fourth-order valence-electron chi connectivity index (χ4n) is 5.00. The van der Waals surface area contributed by atoms with E-state index in [-0.39, 0.29) is 29.3 Å². The first-order valence-corrected chi connectivity index (χ1v) is 14.3. The van der Waals surface area contributed by atoms with Crippen LogP contribution in [0.4, 0.5) is 4.79 Å². The lowest BCUT2D eigenvalue weighted by atomic mass is 10.1. The zero-order chi connectivity index (χ0) is 27.5. The Kier molecular flexibility index (Phi) is 8.26. The topological polar surface area (TPSA) is 178 Å². The van der Waals surface area contributed by atoms with Gasteiger partial charge in [0.25, 0.3) is 21.8 Å². The Balaban J connectivity index is 1.60. The van der Waals surface area contributed by atoms with Gasteiger partial charge in [0.15, 0.2) is 6.10 Å². The number of fused-ring (bicyclic) bond motifs is 2. The van der Waals surface area contributed by atoms with Crippen LogP contribution >= 0.6 is 11.6 Å². The highest BCUT2D eigenvalue weighted by Gasteiger charge is 2.61. The van der Waals surface area contributed by atoms with Gasteiger partial charge in [0.2, 0.25) is 5.91 Å². The number of nitrogens with one attached hydrogen (secondary N) is 2. The molecule has 38 heavy (non-hydrogen) atoms. The molecule has 2 aliphatic heterocycles. The maximum atomic E-state index is 13.4. The molecular weight excluding hydrogens is 538 g/mol. The maximum Gasteiger partial charge on any atom is 0.405 e. The smallest absolute Gasteiger partial charge is 0.405 e. The number of nitrogens with two attached hydrogens (primary N) is 1. The van der Waals surface area contributed by atoms with Gasteiger partial charge < -0.3 is 20.7 Å². The van der Waals surface area contributed by atoms with Gasteiger partial charge in [-0.15, -0.1) is 0 Å². The Bertz CT molecular complexity index is 1260. The van der Waals surface area contributed by atoms with Gasteiger partial charge in [0.1, 0.15) is 16.5 Å². The number of rotatable bonds is 4. The van der Waals surface area contributed by atoms with E-state index >= 15 is 0 Å². The predicted octanol–water partition coefficient (Wildman–Crippen LogP) is 1.39. The van der Waals surface area contributed by atoms with E-state index in [0.717, 1.165) is 19.0 Å². The van der Waals surface area contributed by atoms with Crippen LogP contribution in [0.2, 0.25) is 5.02 Å². The van der Waals surface area contributed by atoms with Crippen molar-refractivity contribution in [2.24, 2.45) is 11.7 Å². The summed E-state index contributed by atoms with van der Waals surface area (Å²) < 4.78 is 32.9. The number of ether oxygens (including phenoxy) is 1. The molecule has 3 heterocycles. The van der Waals surface area contributed by atoms with Crippen LogP contribution in [0.1, 0.15) is 51.4 Å². The second-order valence-electron chi connectivity index (χ2n) is 9.69. The number of carbonyl (C=O) groups is 4. The van der Waals surface area contributed by atoms with Crippen LogP contribution in [0.15, 0.2) is 35.5 Å². The molecule has 2 fully saturated rings. The number of primary amides is 1. The number of nitrogens with zero attached hydrogens (tertiary/aromatic N) is 2. The Morgan fingerprint density at radius 3 is 2.74 bits per heavy atom. The van der Waals surface area contributed by atoms with Gasteiger partial charge in [-0.2, -0.15) is 0 Å². The summed E-state index contributed by atoms with van der Waals surface area (Å²) in [6, 6.07) is 0.375. The van der Waals surface area contributed by atoms with Gasteiger partial charge in [-0.1, -0.05) is 30.2 Å². The molecule has 3 aliphatic rings. The third-order valence-corrected chi connectivity index (χ3v) is 8.89. The highest BCUT2D eigenvalue weighted by molar-refractivity contribution is 7.90. The molecule has 206 valence electrons. The van der Waals surface area contributed by atoms with E-state index in [9.17, 15) is 27.6 Å². The predicted molar refractivity (Wildman–Crippen MR) is 135 cm³/mol. The average molecular weight is 568 g/mol. The molecular formula is C24H30ClN5O7S. The number of hydrogen-bond donors (Lipinski definition) is 3. The minimum atomic E-state index is -4.37. The zero-order valence-corrected chi connectivity index (χ0v) is 22.2. The normalized spacial score (nSPS) is 29.1. The molecule has 1 aliphatic carbocycles. The molecule has 0 radical (unpaired) electrons. The lowest BCUT2D eigenvalue weighted by Gasteiger charge is -2.29. The molecule has 1 aromatic heterocycles. The van der Waals surface area contributed by atoms with E-state index < -0.39 is 57.4 Å². The quantitative estimate of drug-likeness (QED) is 0.457. The molecule has 12 nitrogen and oxygen atoms in total. The number of halogens is 1. The van der Waals surface area contributed by atoms with E-state index in [0.29, 0.717) is 25.7 Å². The van der Waals surface area contributed by atoms with E-state index in [1.54, 1.807) is 6.08 Å². The SMILES string of the molecule is NC(=O)OC1CCCCC/C=C/C2CC2(C(=O)NS(=O)(=O)c2cnccc2Cl)NC(=O)C2CCCN2C1=O. The van der Waals surface area contributed by atoms with Crippen molar-refractivity contribution in [1.82, 2.24) is 19.9 Å². The van der Waals surface area contributed by atoms with Crippen LogP contribution in [0, 0.1) is 5.92 Å². The highest BCUT2D eigenvalue weighted by atomic mass is 35.5. The number of carbonyl (C=O) groups excluding carboxylic acids is 4. The Hall–Kier alpha value is -3.19. The minimum absolute atomic E-state index is 0.107. The summed E-state index contributed by atoms with van der Waals surface area (Å²) in [6.07, 6.45) is 8.03. The summed E-state index contributed by atoms with van der Waals surface area (Å²) in [5.41, 5.74) is 3.66. The average Bonchev–Trinajstić information content (AvgIpc) is 3.31. The monoisotopic (exact) mass is 567 g/mol. The molecule has 0 aromatic carbocycles. The van der Waals surface area contributed by atoms with Crippen molar-refractivity contribution >= 4 is 45.4 Å². The Morgan fingerprint density at radius 1 is 1.21 bits per heavy atom. The van der Waals surface area contributed by atoms with Gasteiger partial charge in [-0.3, -0.25) is 19.4 Å². The Morgan fingerprint density at radius 2 is 2.00 bits per heavy atom. The van der Waals surface area contributed by atoms with Crippen molar-refractivity contribution in [3.05, 3.63) is 35.6 Å². The summed E-state index contributed by atoms with van der Waals surface area (Å²) in [7, 11) is -4.37. The van der Waals surface area contributed by atoms with Crippen LogP contribution in [0.5, 0.6) is 0 Å². The van der Waals surface area contributed by atoms with Crippen molar-refractivity contribution < 1.29 is 32.3 Å². The largest absolute Gasteiger partial charge is 0.436 e. The molecule has 4 rings (SSSR count). The second kappa shape index (κ2) is 11.3. The second-order valence-corrected chi connectivity index (χ2v) is 11.8. The van der Waals surface area contributed by atoms with Crippen molar-refractivity contribution in [1.29, 1.82) is 0 Å². The molecule has 1 saturated heterocycles. The lowest BCUT2D eigenvalue weighted by molar-refractivity contribution is -0.146. The standard InChI is InChI=1S/C24H30ClN5O7S/c25-16-10-11-27-14-19(16)38(35,36)29-22(33)24-13-15(24)7-4-2-1-3-5-9-18(37-23(26)34)21(32)30-12-6-8-17(30)20(31)28-24/h4,7,10-11,14-15,17-18H,1-3,5-6,8-9,12-13H2,(H2,26,34)(H,28,31)(H,29,33)/b7-4+. The van der Waals surface area contributed by atoms with Gasteiger partial charge in [-0.05, 0) is 51.0 Å². The fraction of sp³-hybridized carbons (Fsp3) is 0.542. The molecule has 4 atom stereocenters. The molecule has 1 aromatic rings. The van der Waals surface area contributed by atoms with E-state index in [1.807, 2.05) is 10.8 Å². The van der Waals surface area contributed by atoms with Gasteiger partial charge in [0.05, 0.1) is 5.02 Å².